The summed E-state index contributed by atoms with van der Waals surface area (Å²) in [5.41, 5.74) is 0.681. The third-order valence-corrected chi connectivity index (χ3v) is 5.78. The Morgan fingerprint density at radius 1 is 1.03 bits per heavy atom. The summed E-state index contributed by atoms with van der Waals surface area (Å²) in [7, 11) is -3.94. The molecule has 1 amide bonds. The fraction of sp³-hybridized carbons (Fsp3) is 0.300. The smallest absolute Gasteiger partial charge is 0.324 e. The molecule has 1 atom stereocenters. The SMILES string of the molecule is CC(NS(=O)(=O)c1ccc(Cl)cc1)C(=O)OCC(=O)N(c1ccccc1)C(C)C. The molecule has 0 fully saturated rings. The van der Waals surface area contributed by atoms with Crippen molar-refractivity contribution in [2.45, 2.75) is 37.8 Å². The second kappa shape index (κ2) is 9.87. The maximum atomic E-state index is 12.5. The molecule has 29 heavy (non-hydrogen) atoms. The Labute approximate surface area is 175 Å². The first kappa shape index (κ1) is 22.9. The number of nitrogens with one attached hydrogen (secondary N) is 1. The average Bonchev–Trinajstić information content (AvgIpc) is 2.66. The number of hydrogen-bond acceptors (Lipinski definition) is 5. The van der Waals surface area contributed by atoms with Gasteiger partial charge in [-0.25, -0.2) is 8.42 Å². The number of anilines is 1. The molecule has 0 radical (unpaired) electrons. The monoisotopic (exact) mass is 438 g/mol. The van der Waals surface area contributed by atoms with Crippen LogP contribution in [0.3, 0.4) is 0 Å². The molecule has 156 valence electrons. The number of esters is 1. The highest BCUT2D eigenvalue weighted by molar-refractivity contribution is 7.89. The predicted molar refractivity (Wildman–Crippen MR) is 111 cm³/mol. The van der Waals surface area contributed by atoms with Crippen LogP contribution in [0.2, 0.25) is 5.02 Å². The Morgan fingerprint density at radius 3 is 2.17 bits per heavy atom. The fourth-order valence-corrected chi connectivity index (χ4v) is 3.93. The van der Waals surface area contributed by atoms with Crippen LogP contribution in [0.1, 0.15) is 20.8 Å². The molecule has 9 heteroatoms. The summed E-state index contributed by atoms with van der Waals surface area (Å²) in [5.74, 6) is -1.26. The van der Waals surface area contributed by atoms with E-state index in [0.717, 1.165) is 0 Å². The lowest BCUT2D eigenvalue weighted by atomic mass is 10.2. The van der Waals surface area contributed by atoms with Gasteiger partial charge in [0.1, 0.15) is 6.04 Å². The Hall–Kier alpha value is -2.42. The third kappa shape index (κ3) is 6.28. The topological polar surface area (TPSA) is 92.8 Å². The van der Waals surface area contributed by atoms with Crippen molar-refractivity contribution in [3.63, 3.8) is 0 Å². The summed E-state index contributed by atoms with van der Waals surface area (Å²) in [4.78, 5) is 26.2. The van der Waals surface area contributed by atoms with Crippen molar-refractivity contribution < 1.29 is 22.7 Å². The maximum Gasteiger partial charge on any atom is 0.324 e. The van der Waals surface area contributed by atoms with Gasteiger partial charge in [-0.3, -0.25) is 9.59 Å². The van der Waals surface area contributed by atoms with Crippen LogP contribution in [-0.2, 0) is 24.3 Å². The number of rotatable bonds is 8. The van der Waals surface area contributed by atoms with Gasteiger partial charge in [0.2, 0.25) is 10.0 Å². The molecule has 0 aliphatic rings. The molecular weight excluding hydrogens is 416 g/mol. The van der Waals surface area contributed by atoms with E-state index in [9.17, 15) is 18.0 Å². The van der Waals surface area contributed by atoms with Gasteiger partial charge in [-0.15, -0.1) is 0 Å². The number of halogens is 1. The molecule has 0 saturated carbocycles. The first-order chi connectivity index (χ1) is 13.6. The minimum absolute atomic E-state index is 0.0345. The van der Waals surface area contributed by atoms with E-state index < -0.39 is 34.5 Å². The minimum Gasteiger partial charge on any atom is -0.454 e. The molecule has 0 aliphatic heterocycles. The highest BCUT2D eigenvalue weighted by Gasteiger charge is 2.25. The zero-order chi connectivity index (χ0) is 21.6. The lowest BCUT2D eigenvalue weighted by Crippen LogP contribution is -2.43. The summed E-state index contributed by atoms with van der Waals surface area (Å²) in [6.07, 6.45) is 0. The summed E-state index contributed by atoms with van der Waals surface area (Å²) in [5, 5.41) is 0.392. The summed E-state index contributed by atoms with van der Waals surface area (Å²) in [6, 6.07) is 13.2. The third-order valence-electron chi connectivity index (χ3n) is 3.97. The Kier molecular flexibility index (Phi) is 7.78. The van der Waals surface area contributed by atoms with E-state index in [1.807, 2.05) is 19.9 Å². The van der Waals surface area contributed by atoms with Gasteiger partial charge in [0.25, 0.3) is 5.91 Å². The van der Waals surface area contributed by atoms with Gasteiger partial charge >= 0.3 is 5.97 Å². The average molecular weight is 439 g/mol. The van der Waals surface area contributed by atoms with Crippen LogP contribution in [0.5, 0.6) is 0 Å². The standard InChI is InChI=1S/C20H23ClN2O5S/c1-14(2)23(17-7-5-4-6-8-17)19(24)13-28-20(25)15(3)22-29(26,27)18-11-9-16(21)10-12-18/h4-12,14-15,22H,13H2,1-3H3. The Bertz CT molecular complexity index is 947. The first-order valence-electron chi connectivity index (χ1n) is 8.93. The van der Waals surface area contributed by atoms with E-state index in [1.165, 1.54) is 36.1 Å². The van der Waals surface area contributed by atoms with Crippen LogP contribution in [0, 0.1) is 0 Å². The molecule has 0 aliphatic carbocycles. The number of benzene rings is 2. The molecule has 0 aromatic heterocycles. The van der Waals surface area contributed by atoms with Crippen LogP contribution in [-0.4, -0.2) is 39.0 Å². The van der Waals surface area contributed by atoms with Crippen molar-refractivity contribution in [2.75, 3.05) is 11.5 Å². The Morgan fingerprint density at radius 2 is 1.62 bits per heavy atom. The second-order valence-corrected chi connectivity index (χ2v) is 8.75. The number of para-hydroxylation sites is 1. The van der Waals surface area contributed by atoms with Crippen molar-refractivity contribution in [1.29, 1.82) is 0 Å². The fourth-order valence-electron chi connectivity index (χ4n) is 2.61. The number of nitrogens with zero attached hydrogens (tertiary/aromatic N) is 1. The van der Waals surface area contributed by atoms with Crippen molar-refractivity contribution in [1.82, 2.24) is 4.72 Å². The highest BCUT2D eigenvalue weighted by Crippen LogP contribution is 2.17. The quantitative estimate of drug-likeness (QED) is 0.639. The van der Waals surface area contributed by atoms with Gasteiger partial charge in [0.15, 0.2) is 6.61 Å². The van der Waals surface area contributed by atoms with Crippen molar-refractivity contribution in [3.8, 4) is 0 Å². The zero-order valence-corrected chi connectivity index (χ0v) is 17.9. The molecule has 0 saturated heterocycles. The lowest BCUT2D eigenvalue weighted by Gasteiger charge is -2.27. The van der Waals surface area contributed by atoms with Crippen LogP contribution in [0.4, 0.5) is 5.69 Å². The highest BCUT2D eigenvalue weighted by atomic mass is 35.5. The van der Waals surface area contributed by atoms with Gasteiger partial charge in [0, 0.05) is 16.8 Å². The van der Waals surface area contributed by atoms with Crippen LogP contribution >= 0.6 is 11.6 Å². The summed E-state index contributed by atoms with van der Waals surface area (Å²) < 4.78 is 32.0. The van der Waals surface area contributed by atoms with Crippen molar-refractivity contribution in [2.24, 2.45) is 0 Å². The number of carbonyl (C=O) groups excluding carboxylic acids is 2. The van der Waals surface area contributed by atoms with Gasteiger partial charge in [-0.05, 0) is 57.2 Å². The van der Waals surface area contributed by atoms with E-state index in [0.29, 0.717) is 10.7 Å². The summed E-state index contributed by atoms with van der Waals surface area (Å²) in [6.45, 7) is 4.53. The van der Waals surface area contributed by atoms with Gasteiger partial charge in [-0.2, -0.15) is 4.72 Å². The number of sulfonamides is 1. The second-order valence-electron chi connectivity index (χ2n) is 6.60. The molecule has 2 aromatic rings. The minimum atomic E-state index is -3.94. The molecular formula is C20H23ClN2O5S. The molecule has 0 heterocycles. The van der Waals surface area contributed by atoms with Gasteiger partial charge in [-0.1, -0.05) is 29.8 Å². The van der Waals surface area contributed by atoms with Gasteiger partial charge in [0.05, 0.1) is 4.90 Å². The molecule has 0 bridgehead atoms. The lowest BCUT2D eigenvalue weighted by molar-refractivity contribution is -0.149. The first-order valence-corrected chi connectivity index (χ1v) is 10.8. The zero-order valence-electron chi connectivity index (χ0n) is 16.3. The number of amides is 1. The Balaban J connectivity index is 1.98. The maximum absolute atomic E-state index is 12.5. The molecule has 0 spiro atoms. The van der Waals surface area contributed by atoms with Gasteiger partial charge < -0.3 is 9.64 Å². The normalized spacial score (nSPS) is 12.4. The largest absolute Gasteiger partial charge is 0.454 e. The van der Waals surface area contributed by atoms with Crippen molar-refractivity contribution in [3.05, 3.63) is 59.6 Å². The number of hydrogen-bond donors (Lipinski definition) is 1. The predicted octanol–water partition coefficient (Wildman–Crippen LogP) is 2.99. The number of ether oxygens (including phenoxy) is 1. The van der Waals surface area contributed by atoms with E-state index in [1.54, 1.807) is 24.3 Å². The van der Waals surface area contributed by atoms with Crippen LogP contribution in [0.25, 0.3) is 0 Å². The molecule has 2 rings (SSSR count). The molecule has 1 unspecified atom stereocenters. The molecule has 2 aromatic carbocycles. The van der Waals surface area contributed by atoms with Crippen LogP contribution in [0.15, 0.2) is 59.5 Å². The van der Waals surface area contributed by atoms with Crippen LogP contribution < -0.4 is 9.62 Å². The van der Waals surface area contributed by atoms with E-state index in [4.69, 9.17) is 16.3 Å². The molecule has 7 nitrogen and oxygen atoms in total. The van der Waals surface area contributed by atoms with Crippen molar-refractivity contribution >= 4 is 39.2 Å². The number of carbonyl (C=O) groups is 2. The van der Waals surface area contributed by atoms with E-state index >= 15 is 0 Å². The molecule has 1 N–H and O–H groups in total. The van der Waals surface area contributed by atoms with E-state index in [-0.39, 0.29) is 10.9 Å². The summed E-state index contributed by atoms with van der Waals surface area (Å²) >= 11 is 5.76. The van der Waals surface area contributed by atoms with E-state index in [2.05, 4.69) is 4.72 Å².